The van der Waals surface area contributed by atoms with Crippen LogP contribution in [-0.2, 0) is 6.42 Å². The molecule has 2 N–H and O–H groups in total. The zero-order valence-electron chi connectivity index (χ0n) is 8.54. The highest BCUT2D eigenvalue weighted by Crippen LogP contribution is 2.40. The lowest BCUT2D eigenvalue weighted by Gasteiger charge is -2.13. The molecule has 0 fully saturated rings. The fraction of sp³-hybridized carbons (Fsp3) is 0.273. The maximum absolute atomic E-state index is 6.24. The molecule has 0 aliphatic heterocycles. The number of thioether (sulfide) groups is 1. The van der Waals surface area contributed by atoms with Crippen LogP contribution < -0.4 is 5.73 Å². The summed E-state index contributed by atoms with van der Waals surface area (Å²) in [4.78, 5) is 4.19. The van der Waals surface area contributed by atoms with E-state index in [1.54, 1.807) is 18.1 Å². The number of hydrogen-bond donors (Lipinski definition) is 1. The van der Waals surface area contributed by atoms with Crippen LogP contribution in [0.1, 0.15) is 17.2 Å². The molecule has 0 radical (unpaired) electrons. The molecule has 5 heteroatoms. The van der Waals surface area contributed by atoms with Crippen molar-refractivity contribution >= 4 is 23.3 Å². The lowest BCUT2D eigenvalue weighted by Crippen LogP contribution is -2.18. The summed E-state index contributed by atoms with van der Waals surface area (Å²) in [5.41, 5.74) is 8.90. The molecule has 1 aromatic carbocycles. The van der Waals surface area contributed by atoms with Gasteiger partial charge >= 0.3 is 0 Å². The number of hydrogen-bond acceptors (Lipinski definition) is 5. The Hall–Kier alpha value is -0.910. The second-order valence-corrected chi connectivity index (χ2v) is 6.06. The van der Waals surface area contributed by atoms with Gasteiger partial charge < -0.3 is 5.73 Å². The molecule has 1 aliphatic carbocycles. The summed E-state index contributed by atoms with van der Waals surface area (Å²) in [6.45, 7) is 0. The summed E-state index contributed by atoms with van der Waals surface area (Å²) in [5.74, 6) is 0. The van der Waals surface area contributed by atoms with Crippen LogP contribution in [0.15, 0.2) is 34.9 Å². The molecule has 0 spiro atoms. The van der Waals surface area contributed by atoms with Crippen molar-refractivity contribution in [3.8, 4) is 0 Å². The maximum atomic E-state index is 6.24. The van der Waals surface area contributed by atoms with Gasteiger partial charge in [-0.15, -0.1) is 0 Å². The van der Waals surface area contributed by atoms with E-state index in [1.807, 2.05) is 0 Å². The number of aromatic nitrogens is 2. The number of rotatable bonds is 2. The molecule has 0 saturated carbocycles. The SMILES string of the molecule is NC1c2ccccc2CC1Sc1ncns1. The molecule has 2 aromatic rings. The molecule has 1 aliphatic rings. The van der Waals surface area contributed by atoms with Crippen LogP contribution in [-0.4, -0.2) is 14.6 Å². The van der Waals surface area contributed by atoms with Gasteiger partial charge in [0.05, 0.1) is 0 Å². The first-order valence-corrected chi connectivity index (χ1v) is 6.76. The van der Waals surface area contributed by atoms with Crippen LogP contribution in [0.25, 0.3) is 0 Å². The third-order valence-corrected chi connectivity index (χ3v) is 4.87. The summed E-state index contributed by atoms with van der Waals surface area (Å²) in [5, 5.41) is 0.394. The molecule has 1 heterocycles. The largest absolute Gasteiger partial charge is 0.323 e. The molecule has 0 amide bonds. The highest BCUT2D eigenvalue weighted by Gasteiger charge is 2.30. The molecular formula is C11H11N3S2. The Labute approximate surface area is 102 Å². The summed E-state index contributed by atoms with van der Waals surface area (Å²) in [7, 11) is 0. The average Bonchev–Trinajstić information content (AvgIpc) is 2.90. The van der Waals surface area contributed by atoms with Gasteiger partial charge in [0.2, 0.25) is 0 Å². The van der Waals surface area contributed by atoms with Gasteiger partial charge in [0.25, 0.3) is 0 Å². The molecule has 3 rings (SSSR count). The van der Waals surface area contributed by atoms with Crippen molar-refractivity contribution in [1.29, 1.82) is 0 Å². The van der Waals surface area contributed by atoms with Gasteiger partial charge in [-0.1, -0.05) is 36.0 Å². The van der Waals surface area contributed by atoms with Crippen molar-refractivity contribution in [2.45, 2.75) is 22.1 Å². The van der Waals surface area contributed by atoms with Gasteiger partial charge in [0.1, 0.15) is 6.33 Å². The van der Waals surface area contributed by atoms with Crippen LogP contribution in [0.3, 0.4) is 0 Å². The Morgan fingerprint density at radius 2 is 2.25 bits per heavy atom. The van der Waals surface area contributed by atoms with Gasteiger partial charge in [-0.05, 0) is 29.1 Å². The Balaban J connectivity index is 1.82. The molecule has 3 nitrogen and oxygen atoms in total. The first kappa shape index (κ1) is 10.3. The van der Waals surface area contributed by atoms with E-state index in [4.69, 9.17) is 5.73 Å². The Bertz CT molecular complexity index is 482. The van der Waals surface area contributed by atoms with E-state index in [0.29, 0.717) is 5.25 Å². The predicted octanol–water partition coefficient (Wildman–Crippen LogP) is 2.25. The molecule has 82 valence electrons. The standard InChI is InChI=1S/C11H11N3S2/c12-10-8-4-2-1-3-7(8)5-9(10)15-11-13-6-14-16-11/h1-4,6,9-10H,5,12H2. The number of nitrogens with two attached hydrogens (primary N) is 1. The van der Waals surface area contributed by atoms with E-state index in [2.05, 4.69) is 33.6 Å². The highest BCUT2D eigenvalue weighted by atomic mass is 32.2. The van der Waals surface area contributed by atoms with Crippen LogP contribution in [0, 0.1) is 0 Å². The van der Waals surface area contributed by atoms with Gasteiger partial charge in [-0.25, -0.2) is 4.98 Å². The second-order valence-electron chi connectivity index (χ2n) is 3.79. The first-order chi connectivity index (χ1) is 7.84. The quantitative estimate of drug-likeness (QED) is 0.887. The number of benzene rings is 1. The smallest absolute Gasteiger partial charge is 0.170 e. The topological polar surface area (TPSA) is 51.8 Å². The predicted molar refractivity (Wildman–Crippen MR) is 66.6 cm³/mol. The van der Waals surface area contributed by atoms with Crippen LogP contribution in [0.5, 0.6) is 0 Å². The average molecular weight is 249 g/mol. The summed E-state index contributed by atoms with van der Waals surface area (Å²) < 4.78 is 5.01. The van der Waals surface area contributed by atoms with Crippen molar-refractivity contribution in [2.24, 2.45) is 5.73 Å². The lowest BCUT2D eigenvalue weighted by atomic mass is 10.1. The Kier molecular flexibility index (Phi) is 2.67. The molecule has 0 saturated heterocycles. The fourth-order valence-corrected chi connectivity index (χ4v) is 3.92. The van der Waals surface area contributed by atoms with Gasteiger partial charge in [0, 0.05) is 11.3 Å². The third kappa shape index (κ3) is 1.75. The molecule has 2 unspecified atom stereocenters. The summed E-state index contributed by atoms with van der Waals surface area (Å²) >= 11 is 3.18. The van der Waals surface area contributed by atoms with Gasteiger partial charge in [0.15, 0.2) is 4.34 Å². The zero-order chi connectivity index (χ0) is 11.0. The zero-order valence-corrected chi connectivity index (χ0v) is 10.2. The van der Waals surface area contributed by atoms with E-state index in [0.717, 1.165) is 10.8 Å². The van der Waals surface area contributed by atoms with Crippen LogP contribution in [0.4, 0.5) is 0 Å². The van der Waals surface area contributed by atoms with E-state index >= 15 is 0 Å². The van der Waals surface area contributed by atoms with Crippen molar-refractivity contribution in [1.82, 2.24) is 9.36 Å². The molecule has 16 heavy (non-hydrogen) atoms. The minimum atomic E-state index is 0.116. The third-order valence-electron chi connectivity index (χ3n) is 2.83. The summed E-state index contributed by atoms with van der Waals surface area (Å²) in [6.07, 6.45) is 2.63. The van der Waals surface area contributed by atoms with Crippen molar-refractivity contribution in [3.05, 3.63) is 41.7 Å². The van der Waals surface area contributed by atoms with Gasteiger partial charge in [-0.2, -0.15) is 4.37 Å². The van der Waals surface area contributed by atoms with Crippen molar-refractivity contribution < 1.29 is 0 Å². The highest BCUT2D eigenvalue weighted by molar-refractivity contribution is 8.01. The summed E-state index contributed by atoms with van der Waals surface area (Å²) in [6, 6.07) is 8.53. The first-order valence-electron chi connectivity index (χ1n) is 5.11. The van der Waals surface area contributed by atoms with Crippen molar-refractivity contribution in [2.75, 3.05) is 0 Å². The Morgan fingerprint density at radius 1 is 1.38 bits per heavy atom. The van der Waals surface area contributed by atoms with Crippen molar-refractivity contribution in [3.63, 3.8) is 0 Å². The fourth-order valence-electron chi connectivity index (χ4n) is 2.05. The molecule has 0 bridgehead atoms. The van der Waals surface area contributed by atoms with Crippen LogP contribution in [0.2, 0.25) is 0 Å². The molecule has 2 atom stereocenters. The van der Waals surface area contributed by atoms with Gasteiger partial charge in [-0.3, -0.25) is 0 Å². The van der Waals surface area contributed by atoms with E-state index < -0.39 is 0 Å². The lowest BCUT2D eigenvalue weighted by molar-refractivity contribution is 0.731. The number of fused-ring (bicyclic) bond motifs is 1. The Morgan fingerprint density at radius 3 is 3.00 bits per heavy atom. The minimum Gasteiger partial charge on any atom is -0.323 e. The minimum absolute atomic E-state index is 0.116. The normalized spacial score (nSPS) is 23.3. The van der Waals surface area contributed by atoms with Crippen LogP contribution >= 0.6 is 23.3 Å². The van der Waals surface area contributed by atoms with E-state index in [1.165, 1.54) is 22.7 Å². The van der Waals surface area contributed by atoms with E-state index in [-0.39, 0.29) is 6.04 Å². The number of nitrogens with zero attached hydrogens (tertiary/aromatic N) is 2. The molecule has 1 aromatic heterocycles. The molecular weight excluding hydrogens is 238 g/mol. The monoisotopic (exact) mass is 249 g/mol. The maximum Gasteiger partial charge on any atom is 0.170 e. The second kappa shape index (κ2) is 4.16. The van der Waals surface area contributed by atoms with E-state index in [9.17, 15) is 0 Å².